The SMILES string of the molecule is NNCC(CO)c1cccc(F)c1. The Kier molecular flexibility index (Phi) is 3.82. The highest BCUT2D eigenvalue weighted by Gasteiger charge is 2.09. The Bertz CT molecular complexity index is 268. The van der Waals surface area contributed by atoms with Gasteiger partial charge in [0.2, 0.25) is 0 Å². The van der Waals surface area contributed by atoms with Crippen molar-refractivity contribution in [3.8, 4) is 0 Å². The Morgan fingerprint density at radius 1 is 1.54 bits per heavy atom. The molecule has 1 rings (SSSR count). The van der Waals surface area contributed by atoms with Crippen LogP contribution in [0.3, 0.4) is 0 Å². The van der Waals surface area contributed by atoms with E-state index in [9.17, 15) is 4.39 Å². The zero-order valence-corrected chi connectivity index (χ0v) is 7.20. The maximum Gasteiger partial charge on any atom is 0.123 e. The van der Waals surface area contributed by atoms with Crippen LogP contribution in [0, 0.1) is 5.82 Å². The first-order chi connectivity index (χ1) is 6.27. The molecule has 0 amide bonds. The van der Waals surface area contributed by atoms with Crippen LogP contribution in [0.4, 0.5) is 4.39 Å². The van der Waals surface area contributed by atoms with Crippen LogP contribution in [0.5, 0.6) is 0 Å². The fraction of sp³-hybridized carbons (Fsp3) is 0.333. The molecule has 3 nitrogen and oxygen atoms in total. The number of hydrogen-bond acceptors (Lipinski definition) is 3. The van der Waals surface area contributed by atoms with E-state index in [1.54, 1.807) is 12.1 Å². The van der Waals surface area contributed by atoms with Crippen LogP contribution in [-0.4, -0.2) is 18.3 Å². The summed E-state index contributed by atoms with van der Waals surface area (Å²) in [5, 5.41) is 8.98. The van der Waals surface area contributed by atoms with E-state index in [2.05, 4.69) is 5.43 Å². The second-order valence-electron chi connectivity index (χ2n) is 2.84. The highest BCUT2D eigenvalue weighted by atomic mass is 19.1. The van der Waals surface area contributed by atoms with Crippen molar-refractivity contribution in [2.75, 3.05) is 13.2 Å². The summed E-state index contributed by atoms with van der Waals surface area (Å²) in [6.45, 7) is 0.383. The smallest absolute Gasteiger partial charge is 0.123 e. The molecular weight excluding hydrogens is 171 g/mol. The molecule has 0 heterocycles. The summed E-state index contributed by atoms with van der Waals surface area (Å²) in [7, 11) is 0. The predicted octanol–water partition coefficient (Wildman–Crippen LogP) is 0.365. The summed E-state index contributed by atoms with van der Waals surface area (Å²) in [6.07, 6.45) is 0. The number of hydrogen-bond donors (Lipinski definition) is 3. The minimum absolute atomic E-state index is 0.0480. The van der Waals surface area contributed by atoms with Crippen molar-refractivity contribution in [3.63, 3.8) is 0 Å². The van der Waals surface area contributed by atoms with Gasteiger partial charge in [-0.25, -0.2) is 4.39 Å². The predicted molar refractivity (Wildman–Crippen MR) is 48.4 cm³/mol. The average molecular weight is 184 g/mol. The summed E-state index contributed by atoms with van der Waals surface area (Å²) in [5.74, 6) is 4.68. The van der Waals surface area contributed by atoms with Gasteiger partial charge >= 0.3 is 0 Å². The standard InChI is InChI=1S/C9H13FN2O/c10-9-3-1-2-7(4-9)8(6-13)5-12-11/h1-4,8,12-13H,5-6,11H2. The van der Waals surface area contributed by atoms with Crippen molar-refractivity contribution in [1.29, 1.82) is 0 Å². The average Bonchev–Trinajstić information content (AvgIpc) is 2.14. The molecule has 0 radical (unpaired) electrons. The van der Waals surface area contributed by atoms with Crippen LogP contribution in [-0.2, 0) is 0 Å². The topological polar surface area (TPSA) is 58.3 Å². The normalized spacial score (nSPS) is 12.8. The van der Waals surface area contributed by atoms with E-state index in [1.807, 2.05) is 0 Å². The number of hydrazine groups is 1. The van der Waals surface area contributed by atoms with E-state index in [0.717, 1.165) is 5.56 Å². The Hall–Kier alpha value is -0.970. The highest BCUT2D eigenvalue weighted by Crippen LogP contribution is 2.14. The second-order valence-corrected chi connectivity index (χ2v) is 2.84. The lowest BCUT2D eigenvalue weighted by Crippen LogP contribution is -2.29. The molecule has 4 heteroatoms. The van der Waals surface area contributed by atoms with E-state index in [-0.39, 0.29) is 18.3 Å². The van der Waals surface area contributed by atoms with Gasteiger partial charge in [-0.3, -0.25) is 11.3 Å². The number of halogens is 1. The van der Waals surface area contributed by atoms with Crippen molar-refractivity contribution in [2.24, 2.45) is 5.84 Å². The highest BCUT2D eigenvalue weighted by molar-refractivity contribution is 5.21. The molecule has 1 aromatic carbocycles. The molecule has 0 aliphatic rings. The van der Waals surface area contributed by atoms with Crippen molar-refractivity contribution < 1.29 is 9.50 Å². The Balaban J connectivity index is 2.78. The van der Waals surface area contributed by atoms with Crippen LogP contribution in [0.1, 0.15) is 11.5 Å². The molecular formula is C9H13FN2O. The Morgan fingerprint density at radius 3 is 2.85 bits per heavy atom. The van der Waals surface area contributed by atoms with Crippen molar-refractivity contribution in [2.45, 2.75) is 5.92 Å². The molecule has 13 heavy (non-hydrogen) atoms. The van der Waals surface area contributed by atoms with Crippen LogP contribution in [0.15, 0.2) is 24.3 Å². The second kappa shape index (κ2) is 4.91. The van der Waals surface area contributed by atoms with E-state index < -0.39 is 0 Å². The molecule has 0 bridgehead atoms. The first kappa shape index (κ1) is 10.1. The maximum atomic E-state index is 12.8. The van der Waals surface area contributed by atoms with Gasteiger partial charge in [0.25, 0.3) is 0 Å². The number of aliphatic hydroxyl groups excluding tert-OH is 1. The molecule has 1 aromatic rings. The molecule has 72 valence electrons. The van der Waals surface area contributed by atoms with Crippen LogP contribution < -0.4 is 11.3 Å². The monoisotopic (exact) mass is 184 g/mol. The van der Waals surface area contributed by atoms with Gasteiger partial charge < -0.3 is 5.11 Å². The summed E-state index contributed by atoms with van der Waals surface area (Å²) in [4.78, 5) is 0. The van der Waals surface area contributed by atoms with E-state index in [1.165, 1.54) is 12.1 Å². The van der Waals surface area contributed by atoms with Crippen LogP contribution in [0.25, 0.3) is 0 Å². The maximum absolute atomic E-state index is 12.8. The molecule has 0 aromatic heterocycles. The fourth-order valence-corrected chi connectivity index (χ4v) is 1.19. The van der Waals surface area contributed by atoms with Gasteiger partial charge in [0.15, 0.2) is 0 Å². The van der Waals surface area contributed by atoms with Gasteiger partial charge in [-0.05, 0) is 17.7 Å². The number of nitrogens with two attached hydrogens (primary N) is 1. The molecule has 0 aliphatic heterocycles. The first-order valence-electron chi connectivity index (χ1n) is 4.07. The third-order valence-electron chi connectivity index (χ3n) is 1.90. The zero-order chi connectivity index (χ0) is 9.68. The lowest BCUT2D eigenvalue weighted by molar-refractivity contribution is 0.261. The molecule has 4 N–H and O–H groups in total. The molecule has 1 unspecified atom stereocenters. The van der Waals surface area contributed by atoms with Gasteiger partial charge in [-0.2, -0.15) is 0 Å². The minimum Gasteiger partial charge on any atom is -0.396 e. The van der Waals surface area contributed by atoms with Crippen molar-refractivity contribution in [1.82, 2.24) is 5.43 Å². The molecule has 0 fully saturated rings. The summed E-state index contributed by atoms with van der Waals surface area (Å²) in [6, 6.07) is 6.15. The minimum atomic E-state index is -0.298. The van der Waals surface area contributed by atoms with E-state index >= 15 is 0 Å². The van der Waals surface area contributed by atoms with E-state index in [0.29, 0.717) is 6.54 Å². The van der Waals surface area contributed by atoms with Gasteiger partial charge in [0.05, 0.1) is 6.61 Å². The fourth-order valence-electron chi connectivity index (χ4n) is 1.19. The first-order valence-corrected chi connectivity index (χ1v) is 4.07. The Labute approximate surface area is 76.3 Å². The zero-order valence-electron chi connectivity index (χ0n) is 7.20. The van der Waals surface area contributed by atoms with Crippen molar-refractivity contribution in [3.05, 3.63) is 35.6 Å². The van der Waals surface area contributed by atoms with Gasteiger partial charge in [-0.1, -0.05) is 12.1 Å². The van der Waals surface area contributed by atoms with Gasteiger partial charge in [0, 0.05) is 12.5 Å². The molecule has 0 aliphatic carbocycles. The molecule has 1 atom stereocenters. The third-order valence-corrected chi connectivity index (χ3v) is 1.90. The quantitative estimate of drug-likeness (QED) is 0.468. The van der Waals surface area contributed by atoms with Crippen LogP contribution in [0.2, 0.25) is 0 Å². The van der Waals surface area contributed by atoms with Crippen molar-refractivity contribution >= 4 is 0 Å². The van der Waals surface area contributed by atoms with E-state index in [4.69, 9.17) is 10.9 Å². The summed E-state index contributed by atoms with van der Waals surface area (Å²) in [5.41, 5.74) is 3.20. The largest absolute Gasteiger partial charge is 0.396 e. The lowest BCUT2D eigenvalue weighted by Gasteiger charge is -2.13. The lowest BCUT2D eigenvalue weighted by atomic mass is 10.0. The third kappa shape index (κ3) is 2.77. The van der Waals surface area contributed by atoms with Gasteiger partial charge in [-0.15, -0.1) is 0 Å². The number of benzene rings is 1. The summed E-state index contributed by atoms with van der Waals surface area (Å²) < 4.78 is 12.8. The molecule has 0 spiro atoms. The number of aliphatic hydroxyl groups is 1. The van der Waals surface area contributed by atoms with Crippen LogP contribution >= 0.6 is 0 Å². The summed E-state index contributed by atoms with van der Waals surface area (Å²) >= 11 is 0. The molecule has 0 saturated carbocycles. The number of rotatable bonds is 4. The number of nitrogens with one attached hydrogen (secondary N) is 1. The Morgan fingerprint density at radius 2 is 2.31 bits per heavy atom. The van der Waals surface area contributed by atoms with Gasteiger partial charge in [0.1, 0.15) is 5.82 Å². The molecule has 0 saturated heterocycles.